The molecule has 3 heterocycles. The van der Waals surface area contributed by atoms with Crippen molar-refractivity contribution in [3.05, 3.63) is 52.5 Å². The Kier molecular flexibility index (Phi) is 4.81. The number of aryl methyl sites for hydroxylation is 1. The molecule has 1 atom stereocenters. The Balaban J connectivity index is 1.79. The summed E-state index contributed by atoms with van der Waals surface area (Å²) >= 11 is 0. The zero-order chi connectivity index (χ0) is 21.6. The molecule has 156 valence electrons. The number of amides is 1. The van der Waals surface area contributed by atoms with Crippen LogP contribution in [0.4, 0.5) is 5.69 Å². The first-order chi connectivity index (χ1) is 14.2. The summed E-state index contributed by atoms with van der Waals surface area (Å²) in [5, 5.41) is 14.5. The lowest BCUT2D eigenvalue weighted by Gasteiger charge is -2.29. The van der Waals surface area contributed by atoms with Gasteiger partial charge in [-0.2, -0.15) is 10.4 Å². The Morgan fingerprint density at radius 1 is 1.23 bits per heavy atom. The van der Waals surface area contributed by atoms with E-state index < -0.39 is 0 Å². The molecule has 4 rings (SSSR count). The van der Waals surface area contributed by atoms with Gasteiger partial charge < -0.3 is 15.4 Å². The number of hydrogen-bond donors (Lipinski definition) is 1. The van der Waals surface area contributed by atoms with E-state index in [4.69, 9.17) is 15.6 Å². The molecule has 2 aliphatic rings. The Morgan fingerprint density at radius 2 is 1.93 bits per heavy atom. The zero-order valence-corrected chi connectivity index (χ0v) is 17.9. The molecule has 1 aromatic carbocycles. The van der Waals surface area contributed by atoms with Crippen molar-refractivity contribution in [1.29, 1.82) is 5.26 Å². The number of carbonyl (C=O) groups is 1. The van der Waals surface area contributed by atoms with E-state index in [2.05, 4.69) is 6.07 Å². The molecule has 30 heavy (non-hydrogen) atoms. The molecule has 1 unspecified atom stereocenters. The molecular weight excluding hydrogens is 378 g/mol. The summed E-state index contributed by atoms with van der Waals surface area (Å²) < 4.78 is 7.71. The number of fused-ring (bicyclic) bond motifs is 1. The molecule has 1 aromatic heterocycles. The fraction of sp³-hybridized carbons (Fsp3) is 0.435. The molecule has 0 bridgehead atoms. The zero-order valence-electron chi connectivity index (χ0n) is 17.9. The fourth-order valence-corrected chi connectivity index (χ4v) is 4.23. The largest absolute Gasteiger partial charge is 0.422 e. The maximum atomic E-state index is 12.3. The summed E-state index contributed by atoms with van der Waals surface area (Å²) in [6, 6.07) is 10.1. The van der Waals surface area contributed by atoms with Gasteiger partial charge in [0.2, 0.25) is 17.7 Å². The number of rotatable bonds is 2. The van der Waals surface area contributed by atoms with Gasteiger partial charge >= 0.3 is 0 Å². The molecule has 2 aromatic rings. The molecule has 0 aliphatic carbocycles. The van der Waals surface area contributed by atoms with Gasteiger partial charge in [-0.15, -0.1) is 0 Å². The van der Waals surface area contributed by atoms with E-state index in [9.17, 15) is 10.1 Å². The van der Waals surface area contributed by atoms with E-state index in [1.807, 2.05) is 61.5 Å². The Labute approximate surface area is 176 Å². The average Bonchev–Trinajstić information content (AvgIpc) is 3.04. The smallest absolute Gasteiger partial charge is 0.226 e. The van der Waals surface area contributed by atoms with Crippen molar-refractivity contribution in [3.8, 4) is 11.9 Å². The number of nitrogens with two attached hydrogens (primary N) is 1. The fourth-order valence-electron chi connectivity index (χ4n) is 4.23. The molecular formula is C23H27N5O2. The molecule has 7 nitrogen and oxygen atoms in total. The highest BCUT2D eigenvalue weighted by Crippen LogP contribution is 2.45. The number of allylic oxidation sites excluding steroid dienone is 1. The van der Waals surface area contributed by atoms with Crippen LogP contribution < -0.4 is 15.4 Å². The van der Waals surface area contributed by atoms with E-state index in [1.54, 1.807) is 0 Å². The van der Waals surface area contributed by atoms with Crippen molar-refractivity contribution >= 4 is 11.6 Å². The Morgan fingerprint density at radius 3 is 2.53 bits per heavy atom. The Bertz CT molecular complexity index is 1070. The standard InChI is InChI=1S/C23H27N5O2/c1-14-19-20(15-8-10-16(11-9-15)27-12-6-5-7-18(27)29)17(13-24)21(25)30-22(19)28(26-14)23(2,3)4/h8-11,20H,5-7,12,25H2,1-4H3. The van der Waals surface area contributed by atoms with Crippen LogP contribution in [0, 0.1) is 18.3 Å². The van der Waals surface area contributed by atoms with Crippen LogP contribution in [0.15, 0.2) is 35.7 Å². The number of nitrogens with zero attached hydrogens (tertiary/aromatic N) is 4. The van der Waals surface area contributed by atoms with Gasteiger partial charge in [-0.3, -0.25) is 4.79 Å². The number of benzene rings is 1. The molecule has 0 spiro atoms. The van der Waals surface area contributed by atoms with Crippen molar-refractivity contribution in [3.63, 3.8) is 0 Å². The minimum Gasteiger partial charge on any atom is -0.422 e. The van der Waals surface area contributed by atoms with E-state index in [-0.39, 0.29) is 23.2 Å². The van der Waals surface area contributed by atoms with Crippen LogP contribution in [0.25, 0.3) is 0 Å². The highest BCUT2D eigenvalue weighted by molar-refractivity contribution is 5.94. The third kappa shape index (κ3) is 3.22. The molecule has 1 fully saturated rings. The van der Waals surface area contributed by atoms with Crippen LogP contribution in [0.1, 0.15) is 62.8 Å². The highest BCUT2D eigenvalue weighted by Gasteiger charge is 2.37. The predicted molar refractivity (Wildman–Crippen MR) is 114 cm³/mol. The van der Waals surface area contributed by atoms with Gasteiger partial charge in [0.15, 0.2) is 0 Å². The average molecular weight is 406 g/mol. The molecule has 7 heteroatoms. The summed E-state index contributed by atoms with van der Waals surface area (Å²) in [5.41, 5.74) is 9.70. The van der Waals surface area contributed by atoms with Crippen LogP contribution in [0.2, 0.25) is 0 Å². The molecule has 2 aliphatic heterocycles. The van der Waals surface area contributed by atoms with E-state index >= 15 is 0 Å². The maximum Gasteiger partial charge on any atom is 0.226 e. The summed E-state index contributed by atoms with van der Waals surface area (Å²) in [7, 11) is 0. The first-order valence-electron chi connectivity index (χ1n) is 10.3. The van der Waals surface area contributed by atoms with Crippen LogP contribution in [-0.4, -0.2) is 22.2 Å². The van der Waals surface area contributed by atoms with Crippen molar-refractivity contribution in [2.24, 2.45) is 5.73 Å². The van der Waals surface area contributed by atoms with Gasteiger partial charge in [-0.25, -0.2) is 4.68 Å². The van der Waals surface area contributed by atoms with Gasteiger partial charge in [0.25, 0.3) is 0 Å². The summed E-state index contributed by atoms with van der Waals surface area (Å²) in [6.45, 7) is 8.80. The number of carbonyl (C=O) groups excluding carboxylic acids is 1. The quantitative estimate of drug-likeness (QED) is 0.822. The second-order valence-corrected chi connectivity index (χ2v) is 8.91. The maximum absolute atomic E-state index is 12.3. The van der Waals surface area contributed by atoms with Crippen molar-refractivity contribution in [2.75, 3.05) is 11.4 Å². The molecule has 1 saturated heterocycles. The first kappa shape index (κ1) is 20.0. The number of aromatic nitrogens is 2. The number of hydrogen-bond acceptors (Lipinski definition) is 5. The minimum absolute atomic E-state index is 0.107. The summed E-state index contributed by atoms with van der Waals surface area (Å²) in [5.74, 6) is 0.486. The van der Waals surface area contributed by atoms with Gasteiger partial charge in [0.05, 0.1) is 22.7 Å². The number of piperidine rings is 1. The third-order valence-corrected chi connectivity index (χ3v) is 5.73. The minimum atomic E-state index is -0.360. The van der Waals surface area contributed by atoms with E-state index in [0.29, 0.717) is 17.9 Å². The van der Waals surface area contributed by atoms with Crippen LogP contribution >= 0.6 is 0 Å². The predicted octanol–water partition coefficient (Wildman–Crippen LogP) is 3.68. The molecule has 1 amide bonds. The normalized spacial score (nSPS) is 19.4. The summed E-state index contributed by atoms with van der Waals surface area (Å²) in [6.07, 6.45) is 2.55. The second kappa shape index (κ2) is 7.21. The van der Waals surface area contributed by atoms with E-state index in [1.165, 1.54) is 0 Å². The van der Waals surface area contributed by atoms with Crippen molar-refractivity contribution in [2.45, 2.75) is 58.4 Å². The van der Waals surface area contributed by atoms with Crippen LogP contribution in [0.3, 0.4) is 0 Å². The van der Waals surface area contributed by atoms with Gasteiger partial charge in [-0.1, -0.05) is 12.1 Å². The van der Waals surface area contributed by atoms with E-state index in [0.717, 1.165) is 41.9 Å². The monoisotopic (exact) mass is 405 g/mol. The number of anilines is 1. The topological polar surface area (TPSA) is 97.2 Å². The van der Waals surface area contributed by atoms with Crippen LogP contribution in [-0.2, 0) is 10.3 Å². The second-order valence-electron chi connectivity index (χ2n) is 8.91. The van der Waals surface area contributed by atoms with Crippen LogP contribution in [0.5, 0.6) is 5.88 Å². The lowest BCUT2D eigenvalue weighted by molar-refractivity contribution is -0.119. The number of ether oxygens (including phenoxy) is 1. The van der Waals surface area contributed by atoms with Gasteiger partial charge in [0, 0.05) is 18.7 Å². The highest BCUT2D eigenvalue weighted by atomic mass is 16.5. The molecule has 2 N–H and O–H groups in total. The molecule has 0 radical (unpaired) electrons. The van der Waals surface area contributed by atoms with Crippen molar-refractivity contribution < 1.29 is 9.53 Å². The lowest BCUT2D eigenvalue weighted by Crippen LogP contribution is -2.35. The SMILES string of the molecule is Cc1nn(C(C)(C)C)c2c1C(c1ccc(N3CCCCC3=O)cc1)C(C#N)=C(N)O2. The van der Waals surface area contributed by atoms with Crippen molar-refractivity contribution in [1.82, 2.24) is 9.78 Å². The first-order valence-corrected chi connectivity index (χ1v) is 10.3. The lowest BCUT2D eigenvalue weighted by atomic mass is 9.84. The Hall–Kier alpha value is -3.27. The van der Waals surface area contributed by atoms with Gasteiger partial charge in [0.1, 0.15) is 11.6 Å². The summed E-state index contributed by atoms with van der Waals surface area (Å²) in [4.78, 5) is 14.1. The third-order valence-electron chi connectivity index (χ3n) is 5.73. The molecule has 0 saturated carbocycles. The number of nitriles is 1. The van der Waals surface area contributed by atoms with Gasteiger partial charge in [-0.05, 0) is 58.2 Å².